The molecule has 5 nitrogen and oxygen atoms in total. The van der Waals surface area contributed by atoms with E-state index < -0.39 is 0 Å². The lowest BCUT2D eigenvalue weighted by Crippen LogP contribution is -2.07. The first-order valence-corrected chi connectivity index (χ1v) is 9.18. The van der Waals surface area contributed by atoms with Gasteiger partial charge in [-0.05, 0) is 37.6 Å². The van der Waals surface area contributed by atoms with Gasteiger partial charge in [0.1, 0.15) is 0 Å². The molecule has 1 N–H and O–H groups in total. The maximum Gasteiger partial charge on any atom is 0.203 e. The number of nitrogens with zero attached hydrogens (tertiary/aromatic N) is 2. The van der Waals surface area contributed by atoms with Crippen molar-refractivity contribution in [3.05, 3.63) is 59.5 Å². The third-order valence-corrected chi connectivity index (χ3v) is 4.24. The van der Waals surface area contributed by atoms with E-state index in [0.29, 0.717) is 11.5 Å². The Bertz CT molecular complexity index is 876. The molecule has 0 aliphatic carbocycles. The first-order chi connectivity index (χ1) is 12.7. The maximum absolute atomic E-state index is 5.78. The molecule has 134 valence electrons. The minimum absolute atomic E-state index is 0.0703. The number of hydrogen-bond donors (Lipinski definition) is 1. The van der Waals surface area contributed by atoms with Gasteiger partial charge in [0.05, 0.1) is 25.1 Å². The highest BCUT2D eigenvalue weighted by Gasteiger charge is 2.07. The van der Waals surface area contributed by atoms with Gasteiger partial charge < -0.3 is 9.47 Å². The van der Waals surface area contributed by atoms with Gasteiger partial charge in [-0.1, -0.05) is 30.3 Å². The van der Waals surface area contributed by atoms with Crippen LogP contribution in [0.1, 0.15) is 19.4 Å². The first-order valence-electron chi connectivity index (χ1n) is 8.30. The van der Waals surface area contributed by atoms with E-state index in [1.54, 1.807) is 13.3 Å². The number of thiazole rings is 1. The molecule has 3 rings (SSSR count). The zero-order valence-electron chi connectivity index (χ0n) is 15.0. The second-order valence-corrected chi connectivity index (χ2v) is 6.71. The van der Waals surface area contributed by atoms with E-state index in [2.05, 4.69) is 15.5 Å². The normalized spacial score (nSPS) is 11.1. The zero-order chi connectivity index (χ0) is 18.4. The minimum atomic E-state index is 0.0703. The van der Waals surface area contributed by atoms with Crippen molar-refractivity contribution in [3.63, 3.8) is 0 Å². The van der Waals surface area contributed by atoms with Gasteiger partial charge in [0.25, 0.3) is 0 Å². The third-order valence-electron chi connectivity index (χ3n) is 3.50. The van der Waals surface area contributed by atoms with Gasteiger partial charge in [0, 0.05) is 10.9 Å². The molecule has 0 unspecified atom stereocenters. The van der Waals surface area contributed by atoms with Crippen LogP contribution in [0.5, 0.6) is 11.5 Å². The largest absolute Gasteiger partial charge is 0.493 e. The van der Waals surface area contributed by atoms with Crippen LogP contribution >= 0.6 is 11.3 Å². The summed E-state index contributed by atoms with van der Waals surface area (Å²) in [6.45, 7) is 3.96. The molecule has 0 spiro atoms. The molecule has 0 saturated carbocycles. The number of hydrazone groups is 1. The topological polar surface area (TPSA) is 55.7 Å². The molecular formula is C20H21N3O2S. The summed E-state index contributed by atoms with van der Waals surface area (Å²) < 4.78 is 11.1. The van der Waals surface area contributed by atoms with E-state index in [0.717, 1.165) is 22.0 Å². The van der Waals surface area contributed by atoms with Crippen LogP contribution in [0, 0.1) is 0 Å². The number of benzene rings is 2. The standard InChI is InChI=1S/C20H21N3O2S/c1-14(2)25-19-11-15(9-10-18(19)24-3)12-21-23-20-22-17(13-26-20)16-7-5-4-6-8-16/h4-14H,1-3H3,(H,22,23)/b21-12-. The van der Waals surface area contributed by atoms with Crippen molar-refractivity contribution < 1.29 is 9.47 Å². The van der Waals surface area contributed by atoms with E-state index in [9.17, 15) is 0 Å². The van der Waals surface area contributed by atoms with E-state index in [-0.39, 0.29) is 6.10 Å². The maximum atomic E-state index is 5.78. The molecule has 0 saturated heterocycles. The molecule has 0 amide bonds. The van der Waals surface area contributed by atoms with Gasteiger partial charge in [-0.25, -0.2) is 4.98 Å². The smallest absolute Gasteiger partial charge is 0.203 e. The van der Waals surface area contributed by atoms with Crippen molar-refractivity contribution in [2.45, 2.75) is 20.0 Å². The Balaban J connectivity index is 1.68. The Hall–Kier alpha value is -2.86. The Kier molecular flexibility index (Phi) is 5.86. The molecule has 6 heteroatoms. The Morgan fingerprint density at radius 1 is 1.12 bits per heavy atom. The van der Waals surface area contributed by atoms with Gasteiger partial charge in [-0.15, -0.1) is 11.3 Å². The number of hydrogen-bond acceptors (Lipinski definition) is 6. The Morgan fingerprint density at radius 3 is 2.65 bits per heavy atom. The lowest BCUT2D eigenvalue weighted by Gasteiger charge is -2.13. The number of anilines is 1. The highest BCUT2D eigenvalue weighted by atomic mass is 32.1. The summed E-state index contributed by atoms with van der Waals surface area (Å²) in [5.41, 5.74) is 5.91. The van der Waals surface area contributed by atoms with Crippen LogP contribution in [0.3, 0.4) is 0 Å². The summed E-state index contributed by atoms with van der Waals surface area (Å²) in [5.74, 6) is 1.41. The second kappa shape index (κ2) is 8.49. The van der Waals surface area contributed by atoms with Crippen molar-refractivity contribution in [1.29, 1.82) is 0 Å². The van der Waals surface area contributed by atoms with Gasteiger partial charge in [0.15, 0.2) is 11.5 Å². The highest BCUT2D eigenvalue weighted by molar-refractivity contribution is 7.14. The summed E-state index contributed by atoms with van der Waals surface area (Å²) in [5, 5.41) is 7.02. The molecule has 0 atom stereocenters. The summed E-state index contributed by atoms with van der Waals surface area (Å²) in [6.07, 6.45) is 1.80. The fourth-order valence-corrected chi connectivity index (χ4v) is 3.02. The second-order valence-electron chi connectivity index (χ2n) is 5.85. The van der Waals surface area contributed by atoms with E-state index >= 15 is 0 Å². The molecule has 2 aromatic carbocycles. The Labute approximate surface area is 157 Å². The zero-order valence-corrected chi connectivity index (χ0v) is 15.8. The van der Waals surface area contributed by atoms with E-state index in [1.807, 2.05) is 67.8 Å². The molecule has 1 aromatic heterocycles. The lowest BCUT2D eigenvalue weighted by molar-refractivity contribution is 0.230. The van der Waals surface area contributed by atoms with Gasteiger partial charge in [-0.3, -0.25) is 5.43 Å². The van der Waals surface area contributed by atoms with Gasteiger partial charge >= 0.3 is 0 Å². The molecule has 0 aliphatic rings. The summed E-state index contributed by atoms with van der Waals surface area (Å²) in [4.78, 5) is 4.54. The predicted molar refractivity (Wildman–Crippen MR) is 108 cm³/mol. The minimum Gasteiger partial charge on any atom is -0.493 e. The summed E-state index contributed by atoms with van der Waals surface area (Å²) in [6, 6.07) is 15.8. The SMILES string of the molecule is COc1ccc(/C=N\Nc2nc(-c3ccccc3)cs2)cc1OC(C)C. The lowest BCUT2D eigenvalue weighted by atomic mass is 10.2. The molecule has 0 radical (unpaired) electrons. The number of ether oxygens (including phenoxy) is 2. The van der Waals surface area contributed by atoms with Crippen LogP contribution in [-0.4, -0.2) is 24.4 Å². The summed E-state index contributed by atoms with van der Waals surface area (Å²) >= 11 is 1.52. The number of aromatic nitrogens is 1. The fraction of sp³-hybridized carbons (Fsp3) is 0.200. The van der Waals surface area contributed by atoms with Crippen LogP contribution in [0.2, 0.25) is 0 Å². The molecule has 1 heterocycles. The molecule has 0 aliphatic heterocycles. The van der Waals surface area contributed by atoms with E-state index in [1.165, 1.54) is 11.3 Å². The number of nitrogens with one attached hydrogen (secondary N) is 1. The van der Waals surface area contributed by atoms with Crippen LogP contribution in [-0.2, 0) is 0 Å². The van der Waals surface area contributed by atoms with Crippen molar-refractivity contribution in [3.8, 4) is 22.8 Å². The van der Waals surface area contributed by atoms with Crippen molar-refractivity contribution >= 4 is 22.7 Å². The van der Waals surface area contributed by atoms with Crippen LogP contribution in [0.25, 0.3) is 11.3 Å². The molecular weight excluding hydrogens is 346 g/mol. The third kappa shape index (κ3) is 4.61. The molecule has 26 heavy (non-hydrogen) atoms. The molecule has 0 bridgehead atoms. The highest BCUT2D eigenvalue weighted by Crippen LogP contribution is 2.28. The van der Waals surface area contributed by atoms with Gasteiger partial charge in [-0.2, -0.15) is 5.10 Å². The average molecular weight is 367 g/mol. The first kappa shape index (κ1) is 17.9. The van der Waals surface area contributed by atoms with Gasteiger partial charge in [0.2, 0.25) is 5.13 Å². The van der Waals surface area contributed by atoms with Crippen molar-refractivity contribution in [2.24, 2.45) is 5.10 Å². The Morgan fingerprint density at radius 2 is 1.92 bits per heavy atom. The van der Waals surface area contributed by atoms with Crippen molar-refractivity contribution in [1.82, 2.24) is 4.98 Å². The van der Waals surface area contributed by atoms with Crippen molar-refractivity contribution in [2.75, 3.05) is 12.5 Å². The molecule has 0 fully saturated rings. The van der Waals surface area contributed by atoms with Crippen LogP contribution in [0.4, 0.5) is 5.13 Å². The monoisotopic (exact) mass is 367 g/mol. The summed E-state index contributed by atoms with van der Waals surface area (Å²) in [7, 11) is 1.63. The molecule has 3 aromatic rings. The number of rotatable bonds is 7. The number of methoxy groups -OCH3 is 1. The predicted octanol–water partition coefficient (Wildman–Crippen LogP) is 5.05. The quantitative estimate of drug-likeness (QED) is 0.469. The fourth-order valence-electron chi connectivity index (χ4n) is 2.35. The average Bonchev–Trinajstić information content (AvgIpc) is 3.11. The van der Waals surface area contributed by atoms with Crippen LogP contribution < -0.4 is 14.9 Å². The van der Waals surface area contributed by atoms with Crippen LogP contribution in [0.15, 0.2) is 59.0 Å². The van der Waals surface area contributed by atoms with E-state index in [4.69, 9.17) is 9.47 Å².